The minimum absolute atomic E-state index is 0.231. The van der Waals surface area contributed by atoms with E-state index in [4.69, 9.17) is 4.74 Å². The average Bonchev–Trinajstić information content (AvgIpc) is 2.55. The highest BCUT2D eigenvalue weighted by atomic mass is 16.5. The second-order valence-corrected chi connectivity index (χ2v) is 5.07. The third kappa shape index (κ3) is 4.32. The highest BCUT2D eigenvalue weighted by Gasteiger charge is 2.09. The summed E-state index contributed by atoms with van der Waals surface area (Å²) in [7, 11) is 0. The number of amides is 1. The Morgan fingerprint density at radius 1 is 1.13 bits per heavy atom. The molecule has 0 saturated carbocycles. The summed E-state index contributed by atoms with van der Waals surface area (Å²) in [5, 5.41) is 13.5. The number of aliphatic carboxylic acids is 1. The van der Waals surface area contributed by atoms with Crippen LogP contribution in [0.1, 0.15) is 29.8 Å². The fourth-order valence-corrected chi connectivity index (χ4v) is 2.08. The fraction of sp³-hybridized carbons (Fsp3) is 0.222. The van der Waals surface area contributed by atoms with Crippen LogP contribution in [0.2, 0.25) is 0 Å². The monoisotopic (exact) mass is 312 g/mol. The predicted octanol–water partition coefficient (Wildman–Crippen LogP) is 2.02. The maximum Gasteiger partial charge on any atom is 0.255 e. The molecule has 1 amide bonds. The molecule has 0 heterocycles. The van der Waals surface area contributed by atoms with Crippen LogP contribution in [0.5, 0.6) is 5.75 Å². The van der Waals surface area contributed by atoms with Crippen molar-refractivity contribution in [1.29, 1.82) is 0 Å². The molecule has 0 aromatic heterocycles. The quantitative estimate of drug-likeness (QED) is 0.885. The average molecular weight is 312 g/mol. The molecule has 0 unspecified atom stereocenters. The van der Waals surface area contributed by atoms with Crippen LogP contribution < -0.4 is 15.2 Å². The summed E-state index contributed by atoms with van der Waals surface area (Å²) >= 11 is 0. The number of hydrogen-bond donors (Lipinski definition) is 1. The van der Waals surface area contributed by atoms with Gasteiger partial charge >= 0.3 is 0 Å². The van der Waals surface area contributed by atoms with Gasteiger partial charge in [0, 0.05) is 11.3 Å². The first-order valence-corrected chi connectivity index (χ1v) is 7.38. The van der Waals surface area contributed by atoms with Gasteiger partial charge in [0.1, 0.15) is 11.9 Å². The molecule has 1 N–H and O–H groups in total. The number of carboxylic acid groups (broad SMARTS) is 1. The lowest BCUT2D eigenvalue weighted by Gasteiger charge is -2.15. The number of para-hydroxylation sites is 1. The van der Waals surface area contributed by atoms with Crippen molar-refractivity contribution < 1.29 is 19.4 Å². The minimum atomic E-state index is -1.29. The molecule has 1 atom stereocenters. The number of nitrogens with one attached hydrogen (secondary N) is 1. The van der Waals surface area contributed by atoms with Crippen LogP contribution in [-0.2, 0) is 11.2 Å². The highest BCUT2D eigenvalue weighted by Crippen LogP contribution is 2.18. The summed E-state index contributed by atoms with van der Waals surface area (Å²) < 4.78 is 5.17. The van der Waals surface area contributed by atoms with Crippen molar-refractivity contribution >= 4 is 17.6 Å². The Morgan fingerprint density at radius 2 is 1.78 bits per heavy atom. The van der Waals surface area contributed by atoms with Crippen molar-refractivity contribution in [3.8, 4) is 5.75 Å². The van der Waals surface area contributed by atoms with Gasteiger partial charge in [-0.15, -0.1) is 0 Å². The molecule has 2 aromatic rings. The lowest BCUT2D eigenvalue weighted by Crippen LogP contribution is -2.37. The van der Waals surface area contributed by atoms with E-state index in [2.05, 4.69) is 5.32 Å². The first-order chi connectivity index (χ1) is 11.0. The van der Waals surface area contributed by atoms with Crippen LogP contribution >= 0.6 is 0 Å². The van der Waals surface area contributed by atoms with Crippen LogP contribution in [0.25, 0.3) is 0 Å². The normalized spacial score (nSPS) is 11.6. The molecule has 5 nitrogen and oxygen atoms in total. The Bertz CT molecular complexity index is 694. The molecule has 2 aromatic carbocycles. The van der Waals surface area contributed by atoms with Crippen molar-refractivity contribution in [2.45, 2.75) is 26.4 Å². The number of benzene rings is 2. The van der Waals surface area contributed by atoms with Crippen LogP contribution in [0, 0.1) is 0 Å². The molecule has 0 bridgehead atoms. The van der Waals surface area contributed by atoms with Crippen LogP contribution in [0.3, 0.4) is 0 Å². The Morgan fingerprint density at radius 3 is 2.39 bits per heavy atom. The maximum atomic E-state index is 12.3. The lowest BCUT2D eigenvalue weighted by atomic mass is 10.1. The third-order valence-electron chi connectivity index (χ3n) is 3.41. The number of carbonyl (C=O) groups excluding carboxylic acids is 2. The van der Waals surface area contributed by atoms with Gasteiger partial charge in [-0.2, -0.15) is 0 Å². The van der Waals surface area contributed by atoms with E-state index < -0.39 is 12.1 Å². The highest BCUT2D eigenvalue weighted by molar-refractivity contribution is 6.04. The first-order valence-electron chi connectivity index (χ1n) is 7.38. The van der Waals surface area contributed by atoms with Crippen LogP contribution in [-0.4, -0.2) is 18.0 Å². The van der Waals surface area contributed by atoms with Crippen LogP contribution in [0.4, 0.5) is 5.69 Å². The molecule has 0 aliphatic rings. The van der Waals surface area contributed by atoms with E-state index in [-0.39, 0.29) is 5.91 Å². The molecule has 5 heteroatoms. The summed E-state index contributed by atoms with van der Waals surface area (Å²) in [6.07, 6.45) is -0.226. The molecule has 0 spiro atoms. The van der Waals surface area contributed by atoms with E-state index in [0.717, 1.165) is 17.7 Å². The third-order valence-corrected chi connectivity index (χ3v) is 3.41. The molecule has 0 aliphatic heterocycles. The number of aryl methyl sites for hydroxylation is 1. The Balaban J connectivity index is 2.07. The molecule has 0 saturated heterocycles. The smallest absolute Gasteiger partial charge is 0.255 e. The first kappa shape index (κ1) is 16.5. The number of hydrogen-bond acceptors (Lipinski definition) is 4. The van der Waals surface area contributed by atoms with Gasteiger partial charge in [-0.3, -0.25) is 4.79 Å². The molecule has 0 aliphatic carbocycles. The Labute approximate surface area is 134 Å². The summed E-state index contributed by atoms with van der Waals surface area (Å²) in [5.74, 6) is -1.15. The zero-order valence-corrected chi connectivity index (χ0v) is 13.0. The van der Waals surface area contributed by atoms with Crippen molar-refractivity contribution in [1.82, 2.24) is 0 Å². The Kier molecular flexibility index (Phi) is 5.36. The number of carboxylic acids is 1. The summed E-state index contributed by atoms with van der Waals surface area (Å²) in [5.41, 5.74) is 2.30. The van der Waals surface area contributed by atoms with Gasteiger partial charge in [0.2, 0.25) is 0 Å². The number of carbonyl (C=O) groups is 2. The van der Waals surface area contributed by atoms with E-state index >= 15 is 0 Å². The van der Waals surface area contributed by atoms with Gasteiger partial charge in [-0.25, -0.2) is 0 Å². The molecule has 120 valence electrons. The number of ether oxygens (including phenoxy) is 1. The second-order valence-electron chi connectivity index (χ2n) is 5.07. The SMILES string of the molecule is CCc1ccccc1NC(=O)c1ccc(O[C@@H](C)C(=O)[O-])cc1. The van der Waals surface area contributed by atoms with E-state index in [1.165, 1.54) is 6.92 Å². The zero-order chi connectivity index (χ0) is 16.8. The summed E-state index contributed by atoms with van der Waals surface area (Å²) in [6.45, 7) is 3.41. The number of rotatable bonds is 6. The topological polar surface area (TPSA) is 78.5 Å². The fourth-order valence-electron chi connectivity index (χ4n) is 2.08. The standard InChI is InChI=1S/C18H19NO4/c1-3-13-6-4-5-7-16(13)19-17(20)14-8-10-15(11-9-14)23-12(2)18(21)22/h4-12H,3H2,1-2H3,(H,19,20)(H,21,22)/p-1/t12-/m0/s1. The maximum absolute atomic E-state index is 12.3. The molecule has 0 radical (unpaired) electrons. The van der Waals surface area contributed by atoms with E-state index in [0.29, 0.717) is 11.3 Å². The molecule has 0 fully saturated rings. The van der Waals surface area contributed by atoms with E-state index in [1.54, 1.807) is 24.3 Å². The molecular weight excluding hydrogens is 294 g/mol. The minimum Gasteiger partial charge on any atom is -0.546 e. The van der Waals surface area contributed by atoms with Gasteiger partial charge < -0.3 is 20.0 Å². The lowest BCUT2D eigenvalue weighted by molar-refractivity contribution is -0.312. The molecule has 23 heavy (non-hydrogen) atoms. The molecular formula is C18H18NO4-. The van der Waals surface area contributed by atoms with Gasteiger partial charge in [-0.1, -0.05) is 25.1 Å². The Hall–Kier alpha value is -2.82. The largest absolute Gasteiger partial charge is 0.546 e. The van der Waals surface area contributed by atoms with Crippen molar-refractivity contribution in [2.24, 2.45) is 0 Å². The van der Waals surface area contributed by atoms with Crippen molar-refractivity contribution in [3.05, 3.63) is 59.7 Å². The molecule has 2 rings (SSSR count). The summed E-state index contributed by atoms with van der Waals surface area (Å²) in [6, 6.07) is 13.9. The van der Waals surface area contributed by atoms with Crippen molar-refractivity contribution in [3.63, 3.8) is 0 Å². The van der Waals surface area contributed by atoms with Gasteiger partial charge in [0.05, 0.1) is 5.97 Å². The van der Waals surface area contributed by atoms with Crippen LogP contribution in [0.15, 0.2) is 48.5 Å². The van der Waals surface area contributed by atoms with E-state index in [9.17, 15) is 14.7 Å². The van der Waals surface area contributed by atoms with Gasteiger partial charge in [0.25, 0.3) is 5.91 Å². The number of anilines is 1. The second kappa shape index (κ2) is 7.45. The summed E-state index contributed by atoms with van der Waals surface area (Å²) in [4.78, 5) is 22.9. The predicted molar refractivity (Wildman–Crippen MR) is 85.3 cm³/mol. The van der Waals surface area contributed by atoms with Crippen molar-refractivity contribution in [2.75, 3.05) is 5.32 Å². The van der Waals surface area contributed by atoms with E-state index in [1.807, 2.05) is 31.2 Å². The van der Waals surface area contributed by atoms with Gasteiger partial charge in [-0.05, 0) is 49.2 Å². The van der Waals surface area contributed by atoms with Gasteiger partial charge in [0.15, 0.2) is 0 Å². The zero-order valence-electron chi connectivity index (χ0n) is 13.0.